The highest BCUT2D eigenvalue weighted by molar-refractivity contribution is 7.99. The fourth-order valence-electron chi connectivity index (χ4n) is 2.98. The average Bonchev–Trinajstić information content (AvgIpc) is 3.16. The van der Waals surface area contributed by atoms with E-state index in [9.17, 15) is 9.59 Å². The molecule has 0 spiro atoms. The van der Waals surface area contributed by atoms with Gasteiger partial charge in [0.1, 0.15) is 5.75 Å². The average molecular weight is 474 g/mol. The number of anilines is 1. The van der Waals surface area contributed by atoms with Gasteiger partial charge in [-0.25, -0.2) is 0 Å². The van der Waals surface area contributed by atoms with E-state index in [0.29, 0.717) is 33.0 Å². The van der Waals surface area contributed by atoms with Crippen LogP contribution in [0.3, 0.4) is 0 Å². The van der Waals surface area contributed by atoms with E-state index in [-0.39, 0.29) is 23.6 Å². The summed E-state index contributed by atoms with van der Waals surface area (Å²) in [5.74, 6) is 1.02. The molecule has 0 aliphatic carbocycles. The van der Waals surface area contributed by atoms with Gasteiger partial charge in [-0.1, -0.05) is 29.4 Å². The molecule has 32 heavy (non-hydrogen) atoms. The van der Waals surface area contributed by atoms with Crippen LogP contribution in [0.15, 0.2) is 47.6 Å². The van der Waals surface area contributed by atoms with Gasteiger partial charge in [-0.2, -0.15) is 0 Å². The molecule has 0 aliphatic heterocycles. The lowest BCUT2D eigenvalue weighted by molar-refractivity contribution is -0.113. The number of carbonyl (C=O) groups excluding carboxylic acids is 2. The Labute approximate surface area is 195 Å². The van der Waals surface area contributed by atoms with Gasteiger partial charge in [-0.3, -0.25) is 9.59 Å². The number of amides is 2. The third-order valence-corrected chi connectivity index (χ3v) is 6.26. The Kier molecular flexibility index (Phi) is 7.76. The fourth-order valence-corrected chi connectivity index (χ4v) is 3.87. The lowest BCUT2D eigenvalue weighted by Gasteiger charge is -2.14. The standard InChI is InChI=1S/C22H24ClN5O3S/c1-13-17(23)6-5-7-18(13)25-19(29)12-32-22-27-26-20(28(22)3)14(2)24-21(30)15-8-10-16(31-4)11-9-15/h5-11,14H,12H2,1-4H3,(H,24,30)(H,25,29)/t14-/m0/s1. The molecule has 0 saturated carbocycles. The second-order valence-electron chi connectivity index (χ2n) is 7.07. The van der Waals surface area contributed by atoms with E-state index in [2.05, 4.69) is 20.8 Å². The molecule has 0 bridgehead atoms. The Bertz CT molecular complexity index is 1120. The smallest absolute Gasteiger partial charge is 0.251 e. The topological polar surface area (TPSA) is 98.1 Å². The molecule has 2 N–H and O–H groups in total. The van der Waals surface area contributed by atoms with Crippen molar-refractivity contribution in [3.63, 3.8) is 0 Å². The molecule has 3 rings (SSSR count). The van der Waals surface area contributed by atoms with Crippen molar-refractivity contribution in [3.05, 3.63) is 64.4 Å². The first-order valence-electron chi connectivity index (χ1n) is 9.82. The number of halogens is 1. The first-order chi connectivity index (χ1) is 15.3. The molecule has 2 aromatic carbocycles. The van der Waals surface area contributed by atoms with Crippen molar-refractivity contribution < 1.29 is 14.3 Å². The molecule has 0 saturated heterocycles. The number of hydrogen-bond acceptors (Lipinski definition) is 6. The number of hydrogen-bond donors (Lipinski definition) is 2. The molecular weight excluding hydrogens is 450 g/mol. The summed E-state index contributed by atoms with van der Waals surface area (Å²) >= 11 is 7.36. The van der Waals surface area contributed by atoms with Gasteiger partial charge in [-0.05, 0) is 55.8 Å². The maximum absolute atomic E-state index is 12.5. The number of nitrogens with zero attached hydrogens (tertiary/aromatic N) is 3. The van der Waals surface area contributed by atoms with E-state index < -0.39 is 0 Å². The minimum Gasteiger partial charge on any atom is -0.497 e. The van der Waals surface area contributed by atoms with Crippen LogP contribution in [0.25, 0.3) is 0 Å². The summed E-state index contributed by atoms with van der Waals surface area (Å²) in [6.45, 7) is 3.68. The Morgan fingerprint density at radius 1 is 1.19 bits per heavy atom. The lowest BCUT2D eigenvalue weighted by atomic mass is 10.2. The van der Waals surface area contributed by atoms with Crippen molar-refractivity contribution in [2.75, 3.05) is 18.2 Å². The van der Waals surface area contributed by atoms with Gasteiger partial charge in [0.05, 0.1) is 18.9 Å². The molecular formula is C22H24ClN5O3S. The highest BCUT2D eigenvalue weighted by Gasteiger charge is 2.19. The van der Waals surface area contributed by atoms with Crippen molar-refractivity contribution >= 4 is 40.9 Å². The fraction of sp³-hybridized carbons (Fsp3) is 0.273. The van der Waals surface area contributed by atoms with Crippen LogP contribution < -0.4 is 15.4 Å². The van der Waals surface area contributed by atoms with E-state index in [1.807, 2.05) is 13.8 Å². The van der Waals surface area contributed by atoms with Crippen LogP contribution in [0.5, 0.6) is 5.75 Å². The molecule has 0 fully saturated rings. The van der Waals surface area contributed by atoms with E-state index in [1.54, 1.807) is 61.2 Å². The maximum atomic E-state index is 12.5. The Balaban J connectivity index is 1.58. The minimum atomic E-state index is -0.376. The van der Waals surface area contributed by atoms with Crippen molar-refractivity contribution in [1.82, 2.24) is 20.1 Å². The Morgan fingerprint density at radius 3 is 2.59 bits per heavy atom. The third-order valence-electron chi connectivity index (χ3n) is 4.83. The summed E-state index contributed by atoms with van der Waals surface area (Å²) in [6.07, 6.45) is 0. The summed E-state index contributed by atoms with van der Waals surface area (Å²) in [4.78, 5) is 24.9. The van der Waals surface area contributed by atoms with Crippen LogP contribution in [0.1, 0.15) is 34.7 Å². The number of rotatable bonds is 8. The van der Waals surface area contributed by atoms with Crippen LogP contribution in [0.4, 0.5) is 5.69 Å². The normalized spacial score (nSPS) is 11.7. The molecule has 0 radical (unpaired) electrons. The molecule has 3 aromatic rings. The summed E-state index contributed by atoms with van der Waals surface area (Å²) in [5, 5.41) is 15.3. The van der Waals surface area contributed by atoms with E-state index in [4.69, 9.17) is 16.3 Å². The first kappa shape index (κ1) is 23.6. The molecule has 8 nitrogen and oxygen atoms in total. The zero-order chi connectivity index (χ0) is 23.3. The molecule has 10 heteroatoms. The van der Waals surface area contributed by atoms with Crippen LogP contribution in [0.2, 0.25) is 5.02 Å². The van der Waals surface area contributed by atoms with Crippen LogP contribution in [-0.2, 0) is 11.8 Å². The summed E-state index contributed by atoms with van der Waals surface area (Å²) in [7, 11) is 3.37. The predicted molar refractivity (Wildman–Crippen MR) is 125 cm³/mol. The third kappa shape index (κ3) is 5.60. The monoisotopic (exact) mass is 473 g/mol. The van der Waals surface area contributed by atoms with Crippen molar-refractivity contribution in [2.45, 2.75) is 25.0 Å². The second kappa shape index (κ2) is 10.5. The lowest BCUT2D eigenvalue weighted by Crippen LogP contribution is -2.28. The van der Waals surface area contributed by atoms with Gasteiger partial charge >= 0.3 is 0 Å². The van der Waals surface area contributed by atoms with E-state index in [0.717, 1.165) is 5.56 Å². The Hall–Kier alpha value is -3.04. The molecule has 2 amide bonds. The molecule has 1 aromatic heterocycles. The highest BCUT2D eigenvalue weighted by Crippen LogP contribution is 2.24. The SMILES string of the molecule is COc1ccc(C(=O)N[C@@H](C)c2nnc(SCC(=O)Nc3cccc(Cl)c3C)n2C)cc1. The second-order valence-corrected chi connectivity index (χ2v) is 8.42. The van der Waals surface area contributed by atoms with Crippen molar-refractivity contribution in [1.29, 1.82) is 0 Å². The zero-order valence-electron chi connectivity index (χ0n) is 18.2. The van der Waals surface area contributed by atoms with Crippen LogP contribution in [-0.4, -0.2) is 39.4 Å². The summed E-state index contributed by atoms with van der Waals surface area (Å²) in [5.41, 5.74) is 2.01. The van der Waals surface area contributed by atoms with Crippen LogP contribution in [0, 0.1) is 6.92 Å². The molecule has 1 heterocycles. The number of nitrogens with one attached hydrogen (secondary N) is 2. The van der Waals surface area contributed by atoms with Gasteiger partial charge in [0.2, 0.25) is 5.91 Å². The van der Waals surface area contributed by atoms with Gasteiger partial charge < -0.3 is 19.9 Å². The quantitative estimate of drug-likeness (QED) is 0.480. The minimum absolute atomic E-state index is 0.157. The van der Waals surface area contributed by atoms with Crippen molar-refractivity contribution in [3.8, 4) is 5.75 Å². The van der Waals surface area contributed by atoms with E-state index >= 15 is 0 Å². The highest BCUT2D eigenvalue weighted by atomic mass is 35.5. The number of thioether (sulfide) groups is 1. The molecule has 1 atom stereocenters. The molecule has 0 aliphatic rings. The number of carbonyl (C=O) groups is 2. The van der Waals surface area contributed by atoms with Gasteiger partial charge in [-0.15, -0.1) is 10.2 Å². The molecule has 0 unspecified atom stereocenters. The number of methoxy groups -OCH3 is 1. The Morgan fingerprint density at radius 2 is 1.91 bits per heavy atom. The largest absolute Gasteiger partial charge is 0.497 e. The summed E-state index contributed by atoms with van der Waals surface area (Å²) < 4.78 is 6.88. The van der Waals surface area contributed by atoms with Crippen LogP contribution >= 0.6 is 23.4 Å². The number of ether oxygens (including phenoxy) is 1. The van der Waals surface area contributed by atoms with E-state index in [1.165, 1.54) is 11.8 Å². The zero-order valence-corrected chi connectivity index (χ0v) is 19.8. The van der Waals surface area contributed by atoms with Gasteiger partial charge in [0.15, 0.2) is 11.0 Å². The predicted octanol–water partition coefficient (Wildman–Crippen LogP) is 4.01. The maximum Gasteiger partial charge on any atom is 0.251 e. The van der Waals surface area contributed by atoms with Crippen molar-refractivity contribution in [2.24, 2.45) is 7.05 Å². The molecule has 168 valence electrons. The first-order valence-corrected chi connectivity index (χ1v) is 11.2. The van der Waals surface area contributed by atoms with Gasteiger partial charge in [0.25, 0.3) is 5.91 Å². The summed E-state index contributed by atoms with van der Waals surface area (Å²) in [6, 6.07) is 11.8. The number of aromatic nitrogens is 3. The van der Waals surface area contributed by atoms with Gasteiger partial charge in [0, 0.05) is 23.3 Å². The number of benzene rings is 2.